The van der Waals surface area contributed by atoms with Crippen LogP contribution in [0.15, 0.2) is 12.1 Å². The number of halogens is 4. The number of rotatable bonds is 4. The molecule has 4 heterocycles. The molecular weight excluding hydrogens is 530 g/mol. The highest BCUT2D eigenvalue weighted by Gasteiger charge is 2.48. The van der Waals surface area contributed by atoms with Crippen LogP contribution in [0.25, 0.3) is 22.0 Å². The predicted molar refractivity (Wildman–Crippen MR) is 144 cm³/mol. The molecule has 3 unspecified atom stereocenters. The summed E-state index contributed by atoms with van der Waals surface area (Å²) in [6, 6.07) is 1.88. The molecule has 4 N–H and O–H groups in total. The van der Waals surface area contributed by atoms with E-state index in [4.69, 9.17) is 15.5 Å². The van der Waals surface area contributed by atoms with E-state index in [0.717, 1.165) is 12.1 Å². The fraction of sp³-hybridized carbons (Fsp3) is 0.500. The molecule has 2 aliphatic heterocycles. The van der Waals surface area contributed by atoms with Gasteiger partial charge in [-0.05, 0) is 39.7 Å². The third kappa shape index (κ3) is 4.56. The third-order valence-corrected chi connectivity index (χ3v) is 7.59. The Balaban J connectivity index is 0.00000158. The first-order chi connectivity index (χ1) is 19.0. The molecule has 8 nitrogen and oxygen atoms in total. The molecule has 3 aromatic rings. The van der Waals surface area contributed by atoms with E-state index >= 15 is 4.39 Å². The molecular formula is C28H33F4N5O3. The highest BCUT2D eigenvalue weighted by molar-refractivity contribution is 6.02. The lowest BCUT2D eigenvalue weighted by molar-refractivity contribution is -0.0517. The van der Waals surface area contributed by atoms with E-state index < -0.39 is 47.0 Å². The Hall–Kier alpha value is -3.38. The number of nitrogens with two attached hydrogens (primary N) is 1. The number of hydrogen-bond acceptors (Lipinski definition) is 8. The highest BCUT2D eigenvalue weighted by atomic mass is 19.3. The highest BCUT2D eigenvalue weighted by Crippen LogP contribution is 2.53. The largest absolute Gasteiger partial charge is 0.472 e. The van der Waals surface area contributed by atoms with Gasteiger partial charge in [-0.3, -0.25) is 0 Å². The Kier molecular flexibility index (Phi) is 7.20. The van der Waals surface area contributed by atoms with Gasteiger partial charge in [-0.25, -0.2) is 18.7 Å². The molecule has 1 aromatic carbocycles. The van der Waals surface area contributed by atoms with E-state index in [9.17, 15) is 18.3 Å². The van der Waals surface area contributed by atoms with E-state index in [0.29, 0.717) is 37.4 Å². The second-order valence-electron chi connectivity index (χ2n) is 10.4. The summed E-state index contributed by atoms with van der Waals surface area (Å²) in [5.41, 5.74) is 4.19. The minimum absolute atomic E-state index is 0.00443. The van der Waals surface area contributed by atoms with Crippen molar-refractivity contribution in [3.05, 3.63) is 35.0 Å². The Bertz CT molecular complexity index is 1470. The van der Waals surface area contributed by atoms with Crippen LogP contribution in [-0.2, 0) is 5.60 Å². The van der Waals surface area contributed by atoms with Gasteiger partial charge in [0.25, 0.3) is 0 Å². The molecule has 0 amide bonds. The first-order valence-electron chi connectivity index (χ1n) is 13.5. The average Bonchev–Trinajstić information content (AvgIpc) is 3.66. The van der Waals surface area contributed by atoms with Crippen molar-refractivity contribution in [1.82, 2.24) is 15.3 Å². The zero-order valence-corrected chi connectivity index (χ0v) is 23.0. The predicted octanol–water partition coefficient (Wildman–Crippen LogP) is 5.02. The monoisotopic (exact) mass is 563 g/mol. The van der Waals surface area contributed by atoms with Crippen molar-refractivity contribution in [2.75, 3.05) is 23.7 Å². The molecule has 2 aromatic heterocycles. The Morgan fingerprint density at radius 3 is 2.52 bits per heavy atom. The summed E-state index contributed by atoms with van der Waals surface area (Å²) < 4.78 is 68.7. The third-order valence-electron chi connectivity index (χ3n) is 7.59. The molecule has 1 aliphatic carbocycles. The SMILES string of the molecule is CC.Cc1nc2c3c(nc(-c4cc(N)cc(F)c4OC(F)F)c(F)c3c1C1(O)CC1)OC(C)C1CNC(C)CN21. The fourth-order valence-corrected chi connectivity index (χ4v) is 5.69. The van der Waals surface area contributed by atoms with Crippen molar-refractivity contribution in [2.24, 2.45) is 0 Å². The summed E-state index contributed by atoms with van der Waals surface area (Å²) in [5.74, 6) is -2.55. The number of benzene rings is 1. The molecule has 40 heavy (non-hydrogen) atoms. The number of ether oxygens (including phenoxy) is 2. The zero-order valence-electron chi connectivity index (χ0n) is 23.0. The summed E-state index contributed by atoms with van der Waals surface area (Å²) in [6.07, 6.45) is 0.363. The summed E-state index contributed by atoms with van der Waals surface area (Å²) in [6.45, 7) is 7.35. The first kappa shape index (κ1) is 28.2. The topological polar surface area (TPSA) is 106 Å². The van der Waals surface area contributed by atoms with Crippen molar-refractivity contribution >= 4 is 22.3 Å². The lowest BCUT2D eigenvalue weighted by atomic mass is 9.95. The van der Waals surface area contributed by atoms with Gasteiger partial charge in [0.15, 0.2) is 17.4 Å². The Labute approximate surface area is 229 Å². The van der Waals surface area contributed by atoms with E-state index in [1.165, 1.54) is 0 Å². The van der Waals surface area contributed by atoms with E-state index in [-0.39, 0.29) is 40.0 Å². The molecule has 3 aliphatic rings. The smallest absolute Gasteiger partial charge is 0.387 e. The number of aryl methyl sites for hydroxylation is 1. The van der Waals surface area contributed by atoms with Crippen LogP contribution < -0.4 is 25.4 Å². The van der Waals surface area contributed by atoms with Crippen molar-refractivity contribution in [1.29, 1.82) is 0 Å². The normalized spacial score (nSPS) is 22.7. The lowest BCUT2D eigenvalue weighted by Crippen LogP contribution is -2.60. The Morgan fingerprint density at radius 1 is 1.18 bits per heavy atom. The summed E-state index contributed by atoms with van der Waals surface area (Å²) in [4.78, 5) is 11.3. The number of fused-ring (bicyclic) bond motifs is 2. The van der Waals surface area contributed by atoms with E-state index in [1.807, 2.05) is 27.7 Å². The zero-order chi connectivity index (χ0) is 29.1. The van der Waals surface area contributed by atoms with Crippen LogP contribution in [0.3, 0.4) is 0 Å². The maximum absolute atomic E-state index is 16.7. The van der Waals surface area contributed by atoms with Gasteiger partial charge in [0.2, 0.25) is 5.88 Å². The summed E-state index contributed by atoms with van der Waals surface area (Å²) in [7, 11) is 0. The summed E-state index contributed by atoms with van der Waals surface area (Å²) in [5, 5.41) is 14.9. The molecule has 216 valence electrons. The minimum atomic E-state index is -3.38. The molecule has 0 radical (unpaired) electrons. The standard InChI is InChI=1S/C26H27F4N5O3.C2H6/c1-10-9-35-16(8-32-10)12(3)37-24-18-17(19(26(36)4-5-26)11(2)33-23(18)35)20(28)21(34-24)14-6-13(31)7-15(27)22(14)38-25(29)30;1-2/h6-7,10,12,16,25,32,36H,4-5,8-9,31H2,1-3H3;1-2H3. The van der Waals surface area contributed by atoms with Crippen molar-refractivity contribution in [2.45, 2.75) is 77.9 Å². The number of aromatic nitrogens is 2. The fourth-order valence-electron chi connectivity index (χ4n) is 5.69. The molecule has 2 fully saturated rings. The van der Waals surface area contributed by atoms with Crippen molar-refractivity contribution < 1.29 is 32.1 Å². The van der Waals surface area contributed by atoms with E-state index in [2.05, 4.69) is 19.9 Å². The van der Waals surface area contributed by atoms with Gasteiger partial charge < -0.3 is 30.5 Å². The maximum atomic E-state index is 16.7. The molecule has 6 rings (SSSR count). The van der Waals surface area contributed by atoms with Crippen LogP contribution in [0.2, 0.25) is 0 Å². The Morgan fingerprint density at radius 2 is 1.88 bits per heavy atom. The number of aliphatic hydroxyl groups is 1. The number of piperazine rings is 1. The second kappa shape index (κ2) is 10.2. The van der Waals surface area contributed by atoms with Gasteiger partial charge in [-0.1, -0.05) is 13.8 Å². The lowest BCUT2D eigenvalue weighted by Gasteiger charge is -2.41. The number of nitrogen functional groups attached to an aromatic ring is 1. The van der Waals surface area contributed by atoms with Gasteiger partial charge in [0, 0.05) is 47.5 Å². The number of hydrogen-bond donors (Lipinski definition) is 3. The first-order valence-corrected chi connectivity index (χ1v) is 13.5. The van der Waals surface area contributed by atoms with Gasteiger partial charge in [0.05, 0.1) is 22.6 Å². The van der Waals surface area contributed by atoms with Gasteiger partial charge in [0.1, 0.15) is 17.6 Å². The average molecular weight is 564 g/mol. The van der Waals surface area contributed by atoms with Crippen LogP contribution in [0.1, 0.15) is 51.8 Å². The number of pyridine rings is 2. The number of nitrogens with zero attached hydrogens (tertiary/aromatic N) is 3. The quantitative estimate of drug-likeness (QED) is 0.300. The van der Waals surface area contributed by atoms with Gasteiger partial charge in [-0.2, -0.15) is 8.78 Å². The van der Waals surface area contributed by atoms with Crippen LogP contribution in [0.5, 0.6) is 11.6 Å². The molecule has 12 heteroatoms. The van der Waals surface area contributed by atoms with Crippen LogP contribution >= 0.6 is 0 Å². The molecule has 1 saturated heterocycles. The second-order valence-corrected chi connectivity index (χ2v) is 10.4. The minimum Gasteiger partial charge on any atom is -0.472 e. The van der Waals surface area contributed by atoms with E-state index in [1.54, 1.807) is 6.92 Å². The number of nitrogens with one attached hydrogen (secondary N) is 1. The molecule has 0 bridgehead atoms. The van der Waals surface area contributed by atoms with Crippen LogP contribution in [0.4, 0.5) is 29.1 Å². The molecule has 0 spiro atoms. The van der Waals surface area contributed by atoms with Gasteiger partial charge >= 0.3 is 6.61 Å². The number of alkyl halides is 2. The molecule has 3 atom stereocenters. The maximum Gasteiger partial charge on any atom is 0.387 e. The summed E-state index contributed by atoms with van der Waals surface area (Å²) >= 11 is 0. The number of anilines is 2. The molecule has 1 saturated carbocycles. The van der Waals surface area contributed by atoms with Gasteiger partial charge in [-0.15, -0.1) is 0 Å². The van der Waals surface area contributed by atoms with Crippen molar-refractivity contribution in [3.63, 3.8) is 0 Å². The van der Waals surface area contributed by atoms with Crippen LogP contribution in [0, 0.1) is 18.6 Å². The van der Waals surface area contributed by atoms with Crippen LogP contribution in [-0.4, -0.2) is 53.0 Å². The van der Waals surface area contributed by atoms with Crippen molar-refractivity contribution in [3.8, 4) is 22.9 Å².